The molecule has 3 heteroatoms. The molecular formula is C20H31NO2. The highest BCUT2D eigenvalue weighted by Crippen LogP contribution is 2.23. The van der Waals surface area contributed by atoms with Gasteiger partial charge in [0, 0.05) is 18.7 Å². The summed E-state index contributed by atoms with van der Waals surface area (Å²) in [5, 5.41) is 0. The SMILES string of the molecule is Cc1cc(C(=O)CN2CC(C)CC(C)C2)ccc1OCC(C)C. The van der Waals surface area contributed by atoms with Gasteiger partial charge in [-0.15, -0.1) is 0 Å². The second-order valence-electron chi connectivity index (χ2n) is 7.75. The largest absolute Gasteiger partial charge is 0.493 e. The Labute approximate surface area is 141 Å². The topological polar surface area (TPSA) is 29.5 Å². The number of hydrogen-bond donors (Lipinski definition) is 0. The lowest BCUT2D eigenvalue weighted by Crippen LogP contribution is -2.41. The zero-order valence-corrected chi connectivity index (χ0v) is 15.3. The minimum Gasteiger partial charge on any atom is -0.493 e. The number of nitrogens with zero attached hydrogens (tertiary/aromatic N) is 1. The van der Waals surface area contributed by atoms with Crippen molar-refractivity contribution in [3.63, 3.8) is 0 Å². The van der Waals surface area contributed by atoms with Crippen molar-refractivity contribution in [1.29, 1.82) is 0 Å². The molecule has 1 heterocycles. The maximum absolute atomic E-state index is 12.6. The first kappa shape index (κ1) is 18.0. The minimum atomic E-state index is 0.213. The van der Waals surface area contributed by atoms with Crippen molar-refractivity contribution >= 4 is 5.78 Å². The first-order chi connectivity index (χ1) is 10.8. The summed E-state index contributed by atoms with van der Waals surface area (Å²) in [4.78, 5) is 14.9. The normalized spacial score (nSPS) is 22.3. The first-order valence-electron chi connectivity index (χ1n) is 8.84. The highest BCUT2D eigenvalue weighted by Gasteiger charge is 2.23. The van der Waals surface area contributed by atoms with Crippen molar-refractivity contribution in [3.05, 3.63) is 29.3 Å². The fourth-order valence-electron chi connectivity index (χ4n) is 3.46. The maximum atomic E-state index is 12.6. The number of rotatable bonds is 6. The zero-order valence-electron chi connectivity index (χ0n) is 15.3. The van der Waals surface area contributed by atoms with Crippen LogP contribution in [0.15, 0.2) is 18.2 Å². The Hall–Kier alpha value is -1.35. The van der Waals surface area contributed by atoms with Crippen LogP contribution in [0.25, 0.3) is 0 Å². The highest BCUT2D eigenvalue weighted by atomic mass is 16.5. The summed E-state index contributed by atoms with van der Waals surface area (Å²) in [5.41, 5.74) is 1.84. The molecule has 2 rings (SSSR count). The predicted molar refractivity (Wildman–Crippen MR) is 95.2 cm³/mol. The van der Waals surface area contributed by atoms with Crippen LogP contribution in [0.3, 0.4) is 0 Å². The summed E-state index contributed by atoms with van der Waals surface area (Å²) in [7, 11) is 0. The fourth-order valence-corrected chi connectivity index (χ4v) is 3.46. The van der Waals surface area contributed by atoms with Crippen molar-refractivity contribution in [3.8, 4) is 5.75 Å². The van der Waals surface area contributed by atoms with Crippen LogP contribution in [-0.2, 0) is 0 Å². The van der Waals surface area contributed by atoms with Gasteiger partial charge in [0.2, 0.25) is 0 Å². The van der Waals surface area contributed by atoms with E-state index in [1.54, 1.807) is 0 Å². The van der Waals surface area contributed by atoms with Gasteiger partial charge in [-0.05, 0) is 54.9 Å². The third-order valence-corrected chi connectivity index (χ3v) is 4.38. The standard InChI is InChI=1S/C20H31NO2/c1-14(2)13-23-20-7-6-18(9-17(20)5)19(22)12-21-10-15(3)8-16(4)11-21/h6-7,9,14-16H,8,10-13H2,1-5H3. The molecule has 3 nitrogen and oxygen atoms in total. The molecule has 1 saturated heterocycles. The minimum absolute atomic E-state index is 0.213. The van der Waals surface area contributed by atoms with E-state index in [9.17, 15) is 4.79 Å². The lowest BCUT2D eigenvalue weighted by atomic mass is 9.91. The number of ketones is 1. The number of carbonyl (C=O) groups is 1. The Morgan fingerprint density at radius 2 is 1.91 bits per heavy atom. The molecule has 128 valence electrons. The van der Waals surface area contributed by atoms with Gasteiger partial charge in [-0.25, -0.2) is 0 Å². The van der Waals surface area contributed by atoms with Gasteiger partial charge in [-0.2, -0.15) is 0 Å². The van der Waals surface area contributed by atoms with Crippen LogP contribution in [0.5, 0.6) is 5.75 Å². The van der Waals surface area contributed by atoms with Crippen LogP contribution in [0, 0.1) is 24.7 Å². The summed E-state index contributed by atoms with van der Waals surface area (Å²) in [6.45, 7) is 14.1. The number of hydrogen-bond acceptors (Lipinski definition) is 3. The van der Waals surface area contributed by atoms with Gasteiger partial charge >= 0.3 is 0 Å². The van der Waals surface area contributed by atoms with Gasteiger partial charge in [-0.1, -0.05) is 27.7 Å². The predicted octanol–water partition coefficient (Wildman–Crippen LogP) is 4.19. The van der Waals surface area contributed by atoms with Gasteiger partial charge in [-0.3, -0.25) is 9.69 Å². The van der Waals surface area contributed by atoms with E-state index in [0.717, 1.165) is 30.0 Å². The summed E-state index contributed by atoms with van der Waals surface area (Å²) in [5.74, 6) is 2.96. The molecule has 1 aromatic rings. The summed E-state index contributed by atoms with van der Waals surface area (Å²) in [6.07, 6.45) is 1.27. The van der Waals surface area contributed by atoms with Crippen molar-refractivity contribution in [2.45, 2.75) is 41.0 Å². The molecule has 0 bridgehead atoms. The quantitative estimate of drug-likeness (QED) is 0.737. The molecule has 2 atom stereocenters. The van der Waals surface area contributed by atoms with Crippen LogP contribution in [0.2, 0.25) is 0 Å². The summed E-state index contributed by atoms with van der Waals surface area (Å²) in [6, 6.07) is 5.81. The first-order valence-corrected chi connectivity index (χ1v) is 8.84. The molecule has 1 aliphatic heterocycles. The molecule has 0 aliphatic carbocycles. The van der Waals surface area contributed by atoms with E-state index in [1.807, 2.05) is 25.1 Å². The van der Waals surface area contributed by atoms with E-state index in [4.69, 9.17) is 4.74 Å². The van der Waals surface area contributed by atoms with Crippen LogP contribution in [-0.4, -0.2) is 36.9 Å². The molecule has 0 N–H and O–H groups in total. The lowest BCUT2D eigenvalue weighted by molar-refractivity contribution is 0.0849. The van der Waals surface area contributed by atoms with Gasteiger partial charge in [0.1, 0.15) is 5.75 Å². The van der Waals surface area contributed by atoms with Gasteiger partial charge in [0.15, 0.2) is 5.78 Å². The van der Waals surface area contributed by atoms with E-state index in [2.05, 4.69) is 32.6 Å². The Balaban J connectivity index is 1.98. The van der Waals surface area contributed by atoms with E-state index in [0.29, 0.717) is 30.9 Å². The Bertz CT molecular complexity index is 528. The average molecular weight is 317 g/mol. The molecule has 0 radical (unpaired) electrons. The molecule has 23 heavy (non-hydrogen) atoms. The second kappa shape index (κ2) is 7.96. The van der Waals surface area contributed by atoms with Crippen molar-refractivity contribution in [2.75, 3.05) is 26.2 Å². The lowest BCUT2D eigenvalue weighted by Gasteiger charge is -2.34. The van der Waals surface area contributed by atoms with Crippen LogP contribution >= 0.6 is 0 Å². The number of piperidine rings is 1. The monoisotopic (exact) mass is 317 g/mol. The number of benzene rings is 1. The average Bonchev–Trinajstić information content (AvgIpc) is 2.44. The van der Waals surface area contributed by atoms with Crippen LogP contribution in [0.4, 0.5) is 0 Å². The Morgan fingerprint density at radius 1 is 1.26 bits per heavy atom. The van der Waals surface area contributed by atoms with Crippen molar-refractivity contribution in [1.82, 2.24) is 4.90 Å². The molecule has 0 aromatic heterocycles. The number of aryl methyl sites for hydroxylation is 1. The van der Waals surface area contributed by atoms with Crippen molar-refractivity contribution < 1.29 is 9.53 Å². The Kier molecular flexibility index (Phi) is 6.23. The van der Waals surface area contributed by atoms with E-state index in [1.165, 1.54) is 6.42 Å². The number of ether oxygens (including phenoxy) is 1. The number of likely N-dealkylation sites (tertiary alicyclic amines) is 1. The highest BCUT2D eigenvalue weighted by molar-refractivity contribution is 5.98. The van der Waals surface area contributed by atoms with Crippen LogP contribution < -0.4 is 4.74 Å². The van der Waals surface area contributed by atoms with Crippen molar-refractivity contribution in [2.24, 2.45) is 17.8 Å². The second-order valence-corrected chi connectivity index (χ2v) is 7.75. The van der Waals surface area contributed by atoms with Gasteiger partial charge in [0.25, 0.3) is 0 Å². The molecule has 0 saturated carbocycles. The molecule has 1 aromatic carbocycles. The molecule has 0 spiro atoms. The van der Waals surface area contributed by atoms with E-state index < -0.39 is 0 Å². The third-order valence-electron chi connectivity index (χ3n) is 4.38. The fraction of sp³-hybridized carbons (Fsp3) is 0.650. The van der Waals surface area contributed by atoms with E-state index in [-0.39, 0.29) is 5.78 Å². The van der Waals surface area contributed by atoms with Gasteiger partial charge < -0.3 is 4.74 Å². The molecule has 1 fully saturated rings. The van der Waals surface area contributed by atoms with Gasteiger partial charge in [0.05, 0.1) is 13.2 Å². The molecular weight excluding hydrogens is 286 g/mol. The maximum Gasteiger partial charge on any atom is 0.176 e. The Morgan fingerprint density at radius 3 is 2.48 bits per heavy atom. The molecule has 2 unspecified atom stereocenters. The number of carbonyl (C=O) groups excluding carboxylic acids is 1. The molecule has 1 aliphatic rings. The summed E-state index contributed by atoms with van der Waals surface area (Å²) < 4.78 is 5.79. The number of Topliss-reactive ketones (excluding diaryl/α,β-unsaturated/α-hetero) is 1. The van der Waals surface area contributed by atoms with Crippen LogP contribution in [0.1, 0.15) is 50.0 Å². The zero-order chi connectivity index (χ0) is 17.0. The third kappa shape index (κ3) is 5.35. The van der Waals surface area contributed by atoms with E-state index >= 15 is 0 Å². The molecule has 0 amide bonds. The summed E-state index contributed by atoms with van der Waals surface area (Å²) >= 11 is 0. The smallest absolute Gasteiger partial charge is 0.176 e.